The van der Waals surface area contributed by atoms with Gasteiger partial charge in [0.2, 0.25) is 0 Å². The van der Waals surface area contributed by atoms with Gasteiger partial charge in [0, 0.05) is 0 Å². The first-order valence-electron chi connectivity index (χ1n) is 14.0. The number of carboxylic acids is 2. The molecule has 0 heterocycles. The molecule has 36 heavy (non-hydrogen) atoms. The lowest BCUT2D eigenvalue weighted by Crippen LogP contribution is -2.68. The van der Waals surface area contributed by atoms with E-state index in [-0.39, 0.29) is 39.4 Å². The third-order valence-corrected chi connectivity index (χ3v) is 13.2. The third kappa shape index (κ3) is 2.92. The zero-order chi connectivity index (χ0) is 26.7. The van der Waals surface area contributed by atoms with Crippen LogP contribution in [-0.4, -0.2) is 44.6 Å². The summed E-state index contributed by atoms with van der Waals surface area (Å²) < 4.78 is 0. The molecule has 5 rings (SSSR count). The topological polar surface area (TPSA) is 115 Å². The molecule has 0 saturated heterocycles. The van der Waals surface area contributed by atoms with Crippen LogP contribution in [0.15, 0.2) is 11.6 Å². The van der Waals surface area contributed by atoms with Crippen molar-refractivity contribution in [3.05, 3.63) is 11.6 Å². The van der Waals surface area contributed by atoms with Crippen molar-refractivity contribution in [3.8, 4) is 0 Å². The van der Waals surface area contributed by atoms with Gasteiger partial charge in [-0.3, -0.25) is 9.59 Å². The van der Waals surface area contributed by atoms with Crippen molar-refractivity contribution in [1.29, 1.82) is 0 Å². The highest BCUT2D eigenvalue weighted by atomic mass is 16.4. The Hall–Kier alpha value is -1.40. The van der Waals surface area contributed by atoms with Gasteiger partial charge in [-0.1, -0.05) is 46.3 Å². The van der Waals surface area contributed by atoms with Gasteiger partial charge in [0.15, 0.2) is 0 Å². The molecule has 4 fully saturated rings. The number of hydrogen-bond acceptors (Lipinski definition) is 4. The Bertz CT molecular complexity index is 1020. The van der Waals surface area contributed by atoms with E-state index in [9.17, 15) is 30.0 Å². The number of hydrogen-bond donors (Lipinski definition) is 4. The molecule has 6 heteroatoms. The molecule has 5 aliphatic carbocycles. The van der Waals surface area contributed by atoms with Crippen LogP contribution in [0.3, 0.4) is 0 Å². The maximum absolute atomic E-state index is 12.8. The molecule has 10 atom stereocenters. The van der Waals surface area contributed by atoms with Crippen molar-refractivity contribution in [2.75, 3.05) is 0 Å². The minimum Gasteiger partial charge on any atom is -0.481 e. The van der Waals surface area contributed by atoms with E-state index < -0.39 is 35.0 Å². The number of aliphatic carboxylic acids is 2. The second-order valence-electron chi connectivity index (χ2n) is 14.9. The Kier molecular flexibility index (Phi) is 5.53. The highest BCUT2D eigenvalue weighted by Gasteiger charge is 2.72. The summed E-state index contributed by atoms with van der Waals surface area (Å²) in [5, 5.41) is 43.3. The first-order chi connectivity index (χ1) is 16.5. The van der Waals surface area contributed by atoms with Crippen LogP contribution >= 0.6 is 0 Å². The SMILES string of the molecule is CC1(C)CC[C@]2(C(=O)O)[C@H](O)C[C@]3(C)C(=CC[C@H]4[C@@]5(C)CC[C@H](O)[C@@](C)(C(=O)O)[C@@H]5CC[C@]43C)[C@@H]2C1. The summed E-state index contributed by atoms with van der Waals surface area (Å²) in [6.45, 7) is 13.0. The number of allylic oxidation sites excluding steroid dienone is 2. The lowest BCUT2D eigenvalue weighted by Gasteiger charge is -2.71. The molecule has 0 radical (unpaired) electrons. The molecular formula is C30H46O6. The van der Waals surface area contributed by atoms with E-state index in [0.29, 0.717) is 19.3 Å². The van der Waals surface area contributed by atoms with Gasteiger partial charge in [0.1, 0.15) is 5.41 Å². The number of rotatable bonds is 2. The predicted octanol–water partition coefficient (Wildman–Crippen LogP) is 5.27. The van der Waals surface area contributed by atoms with Crippen LogP contribution in [0, 0.1) is 50.2 Å². The number of carbonyl (C=O) groups is 2. The molecular weight excluding hydrogens is 456 g/mol. The van der Waals surface area contributed by atoms with Crippen molar-refractivity contribution in [2.45, 2.75) is 112 Å². The summed E-state index contributed by atoms with van der Waals surface area (Å²) in [6, 6.07) is 0. The minimum absolute atomic E-state index is 0.0205. The van der Waals surface area contributed by atoms with Gasteiger partial charge in [-0.2, -0.15) is 0 Å². The Balaban J connectivity index is 1.63. The molecule has 0 aromatic rings. The molecule has 4 N–H and O–H groups in total. The van der Waals surface area contributed by atoms with Crippen LogP contribution in [0.5, 0.6) is 0 Å². The van der Waals surface area contributed by atoms with Crippen molar-refractivity contribution in [3.63, 3.8) is 0 Å². The summed E-state index contributed by atoms with van der Waals surface area (Å²) in [5.74, 6) is -1.86. The summed E-state index contributed by atoms with van der Waals surface area (Å²) in [7, 11) is 0. The van der Waals surface area contributed by atoms with Crippen molar-refractivity contribution in [1.82, 2.24) is 0 Å². The smallest absolute Gasteiger partial charge is 0.312 e. The van der Waals surface area contributed by atoms with Crippen molar-refractivity contribution < 1.29 is 30.0 Å². The van der Waals surface area contributed by atoms with E-state index in [2.05, 4.69) is 40.7 Å². The normalized spacial score (nSPS) is 53.7. The number of aliphatic hydroxyl groups is 2. The molecule has 202 valence electrons. The largest absolute Gasteiger partial charge is 0.481 e. The Morgan fingerprint density at radius 2 is 1.47 bits per heavy atom. The molecule has 4 saturated carbocycles. The molecule has 0 spiro atoms. The molecule has 5 aliphatic rings. The molecule has 0 unspecified atom stereocenters. The maximum Gasteiger partial charge on any atom is 0.312 e. The average molecular weight is 503 g/mol. The molecule has 0 amide bonds. The maximum atomic E-state index is 12.8. The lowest BCUT2D eigenvalue weighted by atomic mass is 9.33. The number of aliphatic hydroxyl groups excluding tert-OH is 2. The van der Waals surface area contributed by atoms with E-state index in [4.69, 9.17) is 0 Å². The summed E-state index contributed by atoms with van der Waals surface area (Å²) in [5.41, 5.74) is -1.82. The van der Waals surface area contributed by atoms with E-state index >= 15 is 0 Å². The zero-order valence-electron chi connectivity index (χ0n) is 22.9. The Labute approximate surface area is 215 Å². The summed E-state index contributed by atoms with van der Waals surface area (Å²) in [6.07, 6.45) is 6.70. The standard InChI is InChI=1S/C30H46O6/c1-25(2)13-14-30(24(35)36)18(15-25)17-7-8-19-26(3)11-10-21(31)29(6,23(33)34)20(26)9-12-27(19,4)28(17,5)16-22(30)32/h7,18-22,31-32H,8-16H2,1-6H3,(H,33,34)(H,35,36)/t18-,19-,20+,21-,22+,26+,27+,28+,29-,30+/m0/s1. The molecule has 0 bridgehead atoms. The lowest BCUT2D eigenvalue weighted by molar-refractivity contribution is -0.225. The fourth-order valence-electron chi connectivity index (χ4n) is 10.7. The highest BCUT2D eigenvalue weighted by molar-refractivity contribution is 5.78. The van der Waals surface area contributed by atoms with E-state index in [1.54, 1.807) is 6.92 Å². The van der Waals surface area contributed by atoms with Crippen molar-refractivity contribution >= 4 is 11.9 Å². The van der Waals surface area contributed by atoms with E-state index in [1.165, 1.54) is 5.57 Å². The zero-order valence-corrected chi connectivity index (χ0v) is 22.9. The number of carboxylic acid groups (broad SMARTS) is 2. The van der Waals surface area contributed by atoms with E-state index in [1.807, 2.05) is 0 Å². The van der Waals surface area contributed by atoms with Crippen LogP contribution in [0.2, 0.25) is 0 Å². The first-order valence-corrected chi connectivity index (χ1v) is 14.0. The van der Waals surface area contributed by atoms with Gasteiger partial charge >= 0.3 is 11.9 Å². The molecule has 0 aromatic heterocycles. The fraction of sp³-hybridized carbons (Fsp3) is 0.867. The highest BCUT2D eigenvalue weighted by Crippen LogP contribution is 2.75. The fourth-order valence-corrected chi connectivity index (χ4v) is 10.7. The van der Waals surface area contributed by atoms with Crippen LogP contribution in [0.4, 0.5) is 0 Å². The van der Waals surface area contributed by atoms with Crippen molar-refractivity contribution in [2.24, 2.45) is 50.2 Å². The predicted molar refractivity (Wildman–Crippen MR) is 136 cm³/mol. The summed E-state index contributed by atoms with van der Waals surface area (Å²) >= 11 is 0. The molecule has 6 nitrogen and oxygen atoms in total. The second-order valence-corrected chi connectivity index (χ2v) is 14.9. The quantitative estimate of drug-likeness (QED) is 0.383. The van der Waals surface area contributed by atoms with Gasteiger partial charge in [0.25, 0.3) is 0 Å². The van der Waals surface area contributed by atoms with Gasteiger partial charge < -0.3 is 20.4 Å². The van der Waals surface area contributed by atoms with Crippen LogP contribution in [-0.2, 0) is 9.59 Å². The van der Waals surface area contributed by atoms with Gasteiger partial charge in [-0.25, -0.2) is 0 Å². The first kappa shape index (κ1) is 26.2. The number of fused-ring (bicyclic) bond motifs is 7. The second kappa shape index (κ2) is 7.59. The molecule has 0 aliphatic heterocycles. The Morgan fingerprint density at radius 3 is 2.08 bits per heavy atom. The van der Waals surface area contributed by atoms with E-state index in [0.717, 1.165) is 38.5 Å². The third-order valence-electron chi connectivity index (χ3n) is 13.2. The van der Waals surface area contributed by atoms with Gasteiger partial charge in [-0.05, 0) is 104 Å². The van der Waals surface area contributed by atoms with Crippen LogP contribution < -0.4 is 0 Å². The van der Waals surface area contributed by atoms with Gasteiger partial charge in [0.05, 0.1) is 17.6 Å². The molecule has 0 aromatic carbocycles. The summed E-state index contributed by atoms with van der Waals surface area (Å²) in [4.78, 5) is 25.3. The van der Waals surface area contributed by atoms with Gasteiger partial charge in [-0.15, -0.1) is 0 Å². The van der Waals surface area contributed by atoms with Crippen LogP contribution in [0.25, 0.3) is 0 Å². The van der Waals surface area contributed by atoms with Crippen LogP contribution in [0.1, 0.15) is 99.3 Å². The average Bonchev–Trinajstić information content (AvgIpc) is 2.76. The minimum atomic E-state index is -1.17. The monoisotopic (exact) mass is 502 g/mol. The Morgan fingerprint density at radius 1 is 0.806 bits per heavy atom.